The van der Waals surface area contributed by atoms with Crippen molar-refractivity contribution in [1.82, 2.24) is 15.2 Å². The third-order valence-electron chi connectivity index (χ3n) is 6.30. The first kappa shape index (κ1) is 16.5. The lowest BCUT2D eigenvalue weighted by Crippen LogP contribution is -2.41. The van der Waals surface area contributed by atoms with Gasteiger partial charge in [-0.1, -0.05) is 31.0 Å². The fraction of sp³-hybridized carbons (Fsp3) is 0.571. The molecule has 1 aliphatic heterocycles. The van der Waals surface area contributed by atoms with Gasteiger partial charge in [-0.2, -0.15) is 0 Å². The van der Waals surface area contributed by atoms with E-state index in [1.807, 2.05) is 7.05 Å². The Balaban J connectivity index is 1.36. The summed E-state index contributed by atoms with van der Waals surface area (Å²) in [5, 5.41) is 4.95. The summed E-state index contributed by atoms with van der Waals surface area (Å²) in [5.74, 6) is 1.08. The van der Waals surface area contributed by atoms with E-state index in [0.29, 0.717) is 5.41 Å². The van der Waals surface area contributed by atoms with Crippen molar-refractivity contribution < 1.29 is 0 Å². The Labute approximate surface area is 150 Å². The predicted molar refractivity (Wildman–Crippen MR) is 105 cm³/mol. The van der Waals surface area contributed by atoms with Crippen molar-refractivity contribution in [2.45, 2.75) is 45.4 Å². The molecule has 2 fully saturated rings. The molecule has 0 radical (unpaired) electrons. The number of benzene rings is 1. The van der Waals surface area contributed by atoms with Crippen LogP contribution in [0.1, 0.15) is 43.2 Å². The van der Waals surface area contributed by atoms with Gasteiger partial charge in [0.2, 0.25) is 0 Å². The largest absolute Gasteiger partial charge is 0.361 e. The topological polar surface area (TPSA) is 43.4 Å². The minimum absolute atomic E-state index is 0.589. The summed E-state index contributed by atoms with van der Waals surface area (Å²) >= 11 is 0. The number of aryl methyl sites for hydroxylation is 1. The lowest BCUT2D eigenvalue weighted by atomic mass is 9.86. The third kappa shape index (κ3) is 3.14. The highest BCUT2D eigenvalue weighted by atomic mass is 15.3. The van der Waals surface area contributed by atoms with E-state index in [4.69, 9.17) is 0 Å². The number of likely N-dealkylation sites (tertiary alicyclic amines) is 1. The molecule has 1 aliphatic carbocycles. The molecular weight excluding hydrogens is 308 g/mol. The molecule has 134 valence electrons. The van der Waals surface area contributed by atoms with Gasteiger partial charge < -0.3 is 15.2 Å². The molecule has 1 saturated heterocycles. The predicted octanol–water partition coefficient (Wildman–Crippen LogP) is 3.86. The van der Waals surface area contributed by atoms with Crippen LogP contribution in [-0.2, 0) is 6.42 Å². The second-order valence-electron chi connectivity index (χ2n) is 7.91. The van der Waals surface area contributed by atoms with Crippen LogP contribution in [0.15, 0.2) is 29.4 Å². The summed E-state index contributed by atoms with van der Waals surface area (Å²) in [6, 6.07) is 6.52. The van der Waals surface area contributed by atoms with E-state index in [1.54, 1.807) is 0 Å². The van der Waals surface area contributed by atoms with Gasteiger partial charge >= 0.3 is 0 Å². The van der Waals surface area contributed by atoms with Crippen LogP contribution in [-0.4, -0.2) is 42.5 Å². The molecule has 1 aromatic carbocycles. The zero-order valence-corrected chi connectivity index (χ0v) is 15.6. The van der Waals surface area contributed by atoms with E-state index in [0.717, 1.165) is 25.5 Å². The molecule has 4 rings (SSSR count). The van der Waals surface area contributed by atoms with Crippen LogP contribution >= 0.6 is 0 Å². The van der Waals surface area contributed by atoms with Crippen LogP contribution < -0.4 is 5.32 Å². The minimum atomic E-state index is 0.589. The van der Waals surface area contributed by atoms with Crippen LogP contribution in [0.5, 0.6) is 0 Å². The van der Waals surface area contributed by atoms with Gasteiger partial charge in [0, 0.05) is 43.8 Å². The van der Waals surface area contributed by atoms with Gasteiger partial charge in [0.1, 0.15) is 0 Å². The Morgan fingerprint density at radius 2 is 2.12 bits per heavy atom. The first-order valence-corrected chi connectivity index (χ1v) is 9.72. The van der Waals surface area contributed by atoms with Crippen molar-refractivity contribution in [2.75, 3.05) is 26.7 Å². The molecule has 4 nitrogen and oxygen atoms in total. The quantitative estimate of drug-likeness (QED) is 0.659. The van der Waals surface area contributed by atoms with Gasteiger partial charge in [-0.15, -0.1) is 0 Å². The highest BCUT2D eigenvalue weighted by Crippen LogP contribution is 2.45. The van der Waals surface area contributed by atoms with Crippen LogP contribution in [0.3, 0.4) is 0 Å². The molecule has 2 N–H and O–H groups in total. The molecule has 0 amide bonds. The number of guanidine groups is 1. The maximum Gasteiger partial charge on any atom is 0.193 e. The number of hydrogen-bond acceptors (Lipinski definition) is 1. The molecule has 0 bridgehead atoms. The summed E-state index contributed by atoms with van der Waals surface area (Å²) in [6.45, 7) is 5.44. The standard InChI is InChI=1S/C21H30N4/c1-16-6-5-7-18-17(14-24-19(16)18)8-12-23-20(22-2)25-13-11-21(15-25)9-3-4-10-21/h5-7,14,24H,3-4,8-13,15H2,1-2H3,(H,22,23). The summed E-state index contributed by atoms with van der Waals surface area (Å²) in [4.78, 5) is 10.4. The highest BCUT2D eigenvalue weighted by molar-refractivity contribution is 5.86. The van der Waals surface area contributed by atoms with Gasteiger partial charge in [-0.3, -0.25) is 4.99 Å². The zero-order chi connectivity index (χ0) is 17.3. The Hall–Kier alpha value is -1.97. The number of fused-ring (bicyclic) bond motifs is 1. The normalized spacial score (nSPS) is 20.1. The molecule has 1 aromatic heterocycles. The molecular formula is C21H30N4. The van der Waals surface area contributed by atoms with Crippen molar-refractivity contribution in [3.63, 3.8) is 0 Å². The lowest BCUT2D eigenvalue weighted by Gasteiger charge is -2.25. The van der Waals surface area contributed by atoms with E-state index in [2.05, 4.69) is 51.5 Å². The van der Waals surface area contributed by atoms with Gasteiger partial charge in [-0.05, 0) is 49.1 Å². The van der Waals surface area contributed by atoms with E-state index in [-0.39, 0.29) is 0 Å². The molecule has 1 spiro atoms. The summed E-state index contributed by atoms with van der Waals surface area (Å²) < 4.78 is 0. The maximum atomic E-state index is 4.54. The van der Waals surface area contributed by atoms with E-state index in [1.165, 1.54) is 60.7 Å². The molecule has 4 heteroatoms. The molecule has 0 atom stereocenters. The average Bonchev–Trinajstić information content (AvgIpc) is 3.34. The number of aromatic nitrogens is 1. The van der Waals surface area contributed by atoms with Crippen molar-refractivity contribution >= 4 is 16.9 Å². The van der Waals surface area contributed by atoms with Crippen LogP contribution in [0.2, 0.25) is 0 Å². The first-order chi connectivity index (χ1) is 12.2. The van der Waals surface area contributed by atoms with Crippen LogP contribution in [0, 0.1) is 12.3 Å². The van der Waals surface area contributed by atoms with Crippen molar-refractivity contribution in [2.24, 2.45) is 10.4 Å². The maximum absolute atomic E-state index is 4.54. The van der Waals surface area contributed by atoms with E-state index >= 15 is 0 Å². The zero-order valence-electron chi connectivity index (χ0n) is 15.6. The average molecular weight is 338 g/mol. The molecule has 2 heterocycles. The number of rotatable bonds is 3. The number of nitrogens with one attached hydrogen (secondary N) is 2. The molecule has 1 saturated carbocycles. The van der Waals surface area contributed by atoms with Crippen molar-refractivity contribution in [3.8, 4) is 0 Å². The monoisotopic (exact) mass is 338 g/mol. The van der Waals surface area contributed by atoms with E-state index < -0.39 is 0 Å². The smallest absolute Gasteiger partial charge is 0.193 e. The summed E-state index contributed by atoms with van der Waals surface area (Å²) in [5.41, 5.74) is 4.55. The molecule has 2 aromatic rings. The summed E-state index contributed by atoms with van der Waals surface area (Å²) in [6.07, 6.45) is 10.2. The Kier molecular flexibility index (Phi) is 4.45. The number of nitrogens with zero attached hydrogens (tertiary/aromatic N) is 2. The second-order valence-corrected chi connectivity index (χ2v) is 7.91. The number of hydrogen-bond donors (Lipinski definition) is 2. The van der Waals surface area contributed by atoms with Gasteiger partial charge in [-0.25, -0.2) is 0 Å². The molecule has 25 heavy (non-hydrogen) atoms. The fourth-order valence-corrected chi connectivity index (χ4v) is 4.86. The number of aromatic amines is 1. The SMILES string of the molecule is CN=C(NCCc1c[nH]c2c(C)cccc12)N1CCC2(CCCC2)C1. The van der Waals surface area contributed by atoms with Crippen molar-refractivity contribution in [3.05, 3.63) is 35.5 Å². The van der Waals surface area contributed by atoms with Crippen LogP contribution in [0.4, 0.5) is 0 Å². The Morgan fingerprint density at radius 3 is 2.92 bits per heavy atom. The second kappa shape index (κ2) is 6.74. The van der Waals surface area contributed by atoms with Crippen LogP contribution in [0.25, 0.3) is 10.9 Å². The number of H-pyrrole nitrogens is 1. The Morgan fingerprint density at radius 1 is 1.28 bits per heavy atom. The van der Waals surface area contributed by atoms with Crippen molar-refractivity contribution in [1.29, 1.82) is 0 Å². The molecule has 2 aliphatic rings. The van der Waals surface area contributed by atoms with Gasteiger partial charge in [0.15, 0.2) is 5.96 Å². The highest BCUT2D eigenvalue weighted by Gasteiger charge is 2.40. The Bertz CT molecular complexity index is 767. The van der Waals surface area contributed by atoms with Gasteiger partial charge in [0.25, 0.3) is 0 Å². The third-order valence-corrected chi connectivity index (χ3v) is 6.30. The van der Waals surface area contributed by atoms with E-state index in [9.17, 15) is 0 Å². The first-order valence-electron chi connectivity index (χ1n) is 9.72. The minimum Gasteiger partial charge on any atom is -0.361 e. The number of para-hydroxylation sites is 1. The number of aliphatic imine (C=N–C) groups is 1. The fourth-order valence-electron chi connectivity index (χ4n) is 4.86. The summed E-state index contributed by atoms with van der Waals surface area (Å²) in [7, 11) is 1.91. The van der Waals surface area contributed by atoms with Gasteiger partial charge in [0.05, 0.1) is 0 Å². The lowest BCUT2D eigenvalue weighted by molar-refractivity contribution is 0.309. The molecule has 0 unspecified atom stereocenters.